The van der Waals surface area contributed by atoms with Gasteiger partial charge in [-0.15, -0.1) is 0 Å². The van der Waals surface area contributed by atoms with Crippen molar-refractivity contribution in [2.24, 2.45) is 0 Å². The normalized spacial score (nSPS) is 13.9. The van der Waals surface area contributed by atoms with E-state index < -0.39 is 0 Å². The quantitative estimate of drug-likeness (QED) is 0.675. The van der Waals surface area contributed by atoms with Crippen molar-refractivity contribution >= 4 is 23.1 Å². The Balaban J connectivity index is 1.99. The maximum atomic E-state index is 2.32. The summed E-state index contributed by atoms with van der Waals surface area (Å²) in [5.74, 6) is 0. The highest BCUT2D eigenvalue weighted by atomic mass is 32.2. The Labute approximate surface area is 125 Å². The Morgan fingerprint density at radius 3 is 2.65 bits per heavy atom. The van der Waals surface area contributed by atoms with Crippen LogP contribution in [0.2, 0.25) is 0 Å². The van der Waals surface area contributed by atoms with Gasteiger partial charge in [0.1, 0.15) is 0 Å². The minimum atomic E-state index is 1.03. The highest BCUT2D eigenvalue weighted by Gasteiger charge is 2.20. The zero-order chi connectivity index (χ0) is 14.1. The lowest BCUT2D eigenvalue weighted by atomic mass is 10.1. The van der Waals surface area contributed by atoms with E-state index in [2.05, 4.69) is 74.3 Å². The Morgan fingerprint density at radius 1 is 1.10 bits per heavy atom. The molecule has 0 radical (unpaired) electrons. The van der Waals surface area contributed by atoms with Crippen LogP contribution in [0.25, 0.3) is 0 Å². The Hall–Kier alpha value is -1.67. The molecule has 0 N–H and O–H groups in total. The first kappa shape index (κ1) is 13.3. The van der Waals surface area contributed by atoms with Crippen LogP contribution in [0.4, 0.5) is 11.4 Å². The van der Waals surface area contributed by atoms with E-state index in [1.807, 2.05) is 11.8 Å². The summed E-state index contributed by atoms with van der Waals surface area (Å²) in [6.45, 7) is 4.29. The molecule has 102 valence electrons. The number of allylic oxidation sites excluding steroid dienone is 2. The number of benzene rings is 2. The van der Waals surface area contributed by atoms with Crippen molar-refractivity contribution in [1.82, 2.24) is 0 Å². The van der Waals surface area contributed by atoms with Crippen LogP contribution in [-0.4, -0.2) is 7.05 Å². The van der Waals surface area contributed by atoms with Crippen molar-refractivity contribution in [3.8, 4) is 0 Å². The molecule has 0 bridgehead atoms. The minimum absolute atomic E-state index is 1.03. The second-order valence-electron chi connectivity index (χ2n) is 5.24. The van der Waals surface area contributed by atoms with E-state index in [-0.39, 0.29) is 0 Å². The number of nitrogens with zero attached hydrogens (tertiary/aromatic N) is 1. The molecule has 1 heterocycles. The monoisotopic (exact) mass is 281 g/mol. The predicted molar refractivity (Wildman–Crippen MR) is 88.2 cm³/mol. The molecule has 0 aliphatic carbocycles. The zero-order valence-electron chi connectivity index (χ0n) is 12.2. The van der Waals surface area contributed by atoms with E-state index in [0.29, 0.717) is 0 Å². The fraction of sp³-hybridized carbons (Fsp3) is 0.222. The van der Waals surface area contributed by atoms with Crippen LogP contribution >= 0.6 is 11.8 Å². The number of rotatable bonds is 2. The molecule has 3 rings (SSSR count). The van der Waals surface area contributed by atoms with E-state index >= 15 is 0 Å². The van der Waals surface area contributed by atoms with Gasteiger partial charge in [-0.05, 0) is 50.1 Å². The van der Waals surface area contributed by atoms with E-state index in [1.165, 1.54) is 32.3 Å². The zero-order valence-corrected chi connectivity index (χ0v) is 13.0. The van der Waals surface area contributed by atoms with Crippen LogP contribution in [-0.2, 0) is 6.42 Å². The van der Waals surface area contributed by atoms with Crippen molar-refractivity contribution in [3.05, 3.63) is 59.7 Å². The summed E-state index contributed by atoms with van der Waals surface area (Å²) in [5, 5.41) is 0. The second-order valence-corrected chi connectivity index (χ2v) is 6.33. The van der Waals surface area contributed by atoms with Crippen LogP contribution in [0, 0.1) is 0 Å². The van der Waals surface area contributed by atoms with Crippen LogP contribution in [0.1, 0.15) is 19.4 Å². The van der Waals surface area contributed by atoms with Gasteiger partial charge >= 0.3 is 0 Å². The van der Waals surface area contributed by atoms with Crippen molar-refractivity contribution < 1.29 is 0 Å². The molecule has 0 spiro atoms. The first-order valence-electron chi connectivity index (χ1n) is 6.94. The summed E-state index contributed by atoms with van der Waals surface area (Å²) in [5.41, 5.74) is 5.41. The number of fused-ring (bicyclic) bond motifs is 2. The molecule has 0 atom stereocenters. The highest BCUT2D eigenvalue weighted by Crippen LogP contribution is 2.47. The molecule has 2 aromatic carbocycles. The third kappa shape index (κ3) is 2.36. The molecule has 20 heavy (non-hydrogen) atoms. The molecule has 1 aliphatic rings. The minimum Gasteiger partial charge on any atom is -0.343 e. The lowest BCUT2D eigenvalue weighted by molar-refractivity contribution is 1.08. The standard InChI is InChI=1S/C18H19NS/c1-4-13(2)11-14-9-10-18-16(12-14)19(3)15-7-5-6-8-17(15)20-18/h4-10,12H,11H2,1-3H3/b13-4-. The molecular formula is C18H19NS. The molecule has 0 saturated carbocycles. The second kappa shape index (κ2) is 5.37. The lowest BCUT2D eigenvalue weighted by Crippen LogP contribution is -2.14. The maximum absolute atomic E-state index is 2.32. The van der Waals surface area contributed by atoms with Crippen LogP contribution in [0.15, 0.2) is 63.9 Å². The molecule has 2 aromatic rings. The lowest BCUT2D eigenvalue weighted by Gasteiger charge is -2.29. The molecule has 1 aliphatic heterocycles. The fourth-order valence-electron chi connectivity index (χ4n) is 2.51. The van der Waals surface area contributed by atoms with Crippen LogP contribution in [0.3, 0.4) is 0 Å². The van der Waals surface area contributed by atoms with Gasteiger partial charge in [-0.2, -0.15) is 0 Å². The van der Waals surface area contributed by atoms with Crippen LogP contribution in [0.5, 0.6) is 0 Å². The van der Waals surface area contributed by atoms with Gasteiger partial charge in [0, 0.05) is 16.8 Å². The fourth-order valence-corrected chi connectivity index (χ4v) is 3.64. The summed E-state index contributed by atoms with van der Waals surface area (Å²) < 4.78 is 0. The van der Waals surface area contributed by atoms with Gasteiger partial charge < -0.3 is 4.90 Å². The summed E-state index contributed by atoms with van der Waals surface area (Å²) >= 11 is 1.86. The third-order valence-corrected chi connectivity index (χ3v) is 4.94. The maximum Gasteiger partial charge on any atom is 0.0553 e. The van der Waals surface area contributed by atoms with Gasteiger partial charge in [-0.1, -0.05) is 41.6 Å². The molecule has 0 unspecified atom stereocenters. The SMILES string of the molecule is C/C=C(/C)Cc1ccc2c(c1)N(C)c1ccccc1S2. The van der Waals surface area contributed by atoms with Crippen molar-refractivity contribution in [2.45, 2.75) is 30.1 Å². The van der Waals surface area contributed by atoms with E-state index in [9.17, 15) is 0 Å². The summed E-state index contributed by atoms with van der Waals surface area (Å²) in [6.07, 6.45) is 3.22. The summed E-state index contributed by atoms with van der Waals surface area (Å²) in [6, 6.07) is 15.4. The molecule has 2 heteroatoms. The number of hydrogen-bond acceptors (Lipinski definition) is 2. The average Bonchev–Trinajstić information content (AvgIpc) is 2.48. The van der Waals surface area contributed by atoms with Gasteiger partial charge in [0.25, 0.3) is 0 Å². The largest absolute Gasteiger partial charge is 0.343 e. The molecule has 0 amide bonds. The van der Waals surface area contributed by atoms with Gasteiger partial charge in [-0.3, -0.25) is 0 Å². The van der Waals surface area contributed by atoms with Crippen LogP contribution < -0.4 is 4.90 Å². The number of para-hydroxylation sites is 1. The van der Waals surface area contributed by atoms with Gasteiger partial charge in [0.05, 0.1) is 11.4 Å². The van der Waals surface area contributed by atoms with Crippen molar-refractivity contribution in [2.75, 3.05) is 11.9 Å². The van der Waals surface area contributed by atoms with E-state index in [4.69, 9.17) is 0 Å². The topological polar surface area (TPSA) is 3.24 Å². The Bertz CT molecular complexity index is 673. The Morgan fingerprint density at radius 2 is 1.85 bits per heavy atom. The first-order chi connectivity index (χ1) is 9.69. The van der Waals surface area contributed by atoms with Gasteiger partial charge in [-0.25, -0.2) is 0 Å². The smallest absolute Gasteiger partial charge is 0.0553 e. The summed E-state index contributed by atoms with van der Waals surface area (Å²) in [7, 11) is 2.16. The third-order valence-electron chi connectivity index (χ3n) is 3.81. The molecular weight excluding hydrogens is 262 g/mol. The molecule has 0 aromatic heterocycles. The molecule has 0 fully saturated rings. The van der Waals surface area contributed by atoms with Crippen molar-refractivity contribution in [3.63, 3.8) is 0 Å². The van der Waals surface area contributed by atoms with E-state index in [1.54, 1.807) is 0 Å². The summed E-state index contributed by atoms with van der Waals surface area (Å²) in [4.78, 5) is 4.98. The Kier molecular flexibility index (Phi) is 3.58. The number of hydrogen-bond donors (Lipinski definition) is 0. The molecule has 1 nitrogen and oxygen atoms in total. The predicted octanol–water partition coefficient (Wildman–Crippen LogP) is 5.43. The highest BCUT2D eigenvalue weighted by molar-refractivity contribution is 7.99. The van der Waals surface area contributed by atoms with Gasteiger partial charge in [0.15, 0.2) is 0 Å². The first-order valence-corrected chi connectivity index (χ1v) is 7.76. The van der Waals surface area contributed by atoms with E-state index in [0.717, 1.165) is 6.42 Å². The average molecular weight is 281 g/mol. The number of anilines is 2. The van der Waals surface area contributed by atoms with Gasteiger partial charge in [0.2, 0.25) is 0 Å². The molecule has 0 saturated heterocycles. The van der Waals surface area contributed by atoms with Crippen molar-refractivity contribution in [1.29, 1.82) is 0 Å².